The van der Waals surface area contributed by atoms with Gasteiger partial charge in [0, 0.05) is 6.42 Å². The molecule has 62 valence electrons. The van der Waals surface area contributed by atoms with Gasteiger partial charge in [0.1, 0.15) is 0 Å². The summed E-state index contributed by atoms with van der Waals surface area (Å²) in [5, 5.41) is 0. The van der Waals surface area contributed by atoms with Crippen LogP contribution in [0.25, 0.3) is 0 Å². The molecule has 0 aromatic heterocycles. The van der Waals surface area contributed by atoms with Gasteiger partial charge in [0.15, 0.2) is 11.6 Å². The van der Waals surface area contributed by atoms with Crippen molar-refractivity contribution in [3.63, 3.8) is 0 Å². The van der Waals surface area contributed by atoms with Gasteiger partial charge in [-0.1, -0.05) is 13.8 Å². The zero-order valence-corrected chi connectivity index (χ0v) is 7.26. The summed E-state index contributed by atoms with van der Waals surface area (Å²) in [4.78, 5) is 21.3. The van der Waals surface area contributed by atoms with E-state index in [2.05, 4.69) is 0 Å². The third-order valence-corrected chi connectivity index (χ3v) is 1.11. The Morgan fingerprint density at radius 2 is 1.82 bits per heavy atom. The maximum Gasteiger partial charge on any atom is 0.156 e. The molecule has 0 aliphatic carbocycles. The first-order valence-corrected chi connectivity index (χ1v) is 3.74. The van der Waals surface area contributed by atoms with Crippen LogP contribution in [0.15, 0.2) is 12.2 Å². The minimum absolute atomic E-state index is 0.0233. The molecular formula is C9H14O2. The predicted octanol–water partition coefficient (Wildman–Crippen LogP) is 1.75. The van der Waals surface area contributed by atoms with E-state index in [0.29, 0.717) is 12.3 Å². The molecule has 0 aliphatic heterocycles. The topological polar surface area (TPSA) is 34.1 Å². The van der Waals surface area contributed by atoms with E-state index in [9.17, 15) is 9.59 Å². The lowest BCUT2D eigenvalue weighted by molar-refractivity contribution is -0.116. The lowest BCUT2D eigenvalue weighted by Crippen LogP contribution is -1.99. The second-order valence-electron chi connectivity index (χ2n) is 3.01. The van der Waals surface area contributed by atoms with Crippen LogP contribution >= 0.6 is 0 Å². The Kier molecular flexibility index (Phi) is 4.42. The number of hydrogen-bond acceptors (Lipinski definition) is 2. The van der Waals surface area contributed by atoms with Crippen molar-refractivity contribution in [2.24, 2.45) is 5.92 Å². The van der Waals surface area contributed by atoms with Crippen molar-refractivity contribution in [1.82, 2.24) is 0 Å². The monoisotopic (exact) mass is 154 g/mol. The van der Waals surface area contributed by atoms with Gasteiger partial charge in [0.05, 0.1) is 0 Å². The summed E-state index contributed by atoms with van der Waals surface area (Å²) in [6, 6.07) is 0. The van der Waals surface area contributed by atoms with Crippen molar-refractivity contribution in [3.05, 3.63) is 12.2 Å². The average molecular weight is 154 g/mol. The summed E-state index contributed by atoms with van der Waals surface area (Å²) in [6.45, 7) is 5.37. The van der Waals surface area contributed by atoms with Crippen LogP contribution in [0, 0.1) is 5.92 Å². The van der Waals surface area contributed by atoms with E-state index in [1.165, 1.54) is 19.1 Å². The molecule has 2 nitrogen and oxygen atoms in total. The van der Waals surface area contributed by atoms with Gasteiger partial charge < -0.3 is 0 Å². The van der Waals surface area contributed by atoms with E-state index in [1.807, 2.05) is 13.8 Å². The highest BCUT2D eigenvalue weighted by Crippen LogP contribution is 2.00. The van der Waals surface area contributed by atoms with Crippen molar-refractivity contribution < 1.29 is 9.59 Å². The summed E-state index contributed by atoms with van der Waals surface area (Å²) in [5.41, 5.74) is 0. The van der Waals surface area contributed by atoms with Gasteiger partial charge in [-0.25, -0.2) is 0 Å². The van der Waals surface area contributed by atoms with Crippen molar-refractivity contribution in [2.75, 3.05) is 0 Å². The van der Waals surface area contributed by atoms with E-state index in [0.717, 1.165) is 0 Å². The second kappa shape index (κ2) is 4.83. The molecule has 0 rings (SSSR count). The van der Waals surface area contributed by atoms with Crippen molar-refractivity contribution in [1.29, 1.82) is 0 Å². The van der Waals surface area contributed by atoms with Crippen LogP contribution in [0.2, 0.25) is 0 Å². The molecule has 0 N–H and O–H groups in total. The maximum absolute atomic E-state index is 10.9. The van der Waals surface area contributed by atoms with E-state index in [-0.39, 0.29) is 11.6 Å². The third-order valence-electron chi connectivity index (χ3n) is 1.11. The van der Waals surface area contributed by atoms with Crippen LogP contribution in [0.5, 0.6) is 0 Å². The van der Waals surface area contributed by atoms with Crippen LogP contribution in [0.1, 0.15) is 27.2 Å². The predicted molar refractivity (Wildman–Crippen MR) is 44.3 cm³/mol. The molecule has 0 fully saturated rings. The summed E-state index contributed by atoms with van der Waals surface area (Å²) in [6.07, 6.45) is 3.18. The Hall–Kier alpha value is -0.920. The minimum Gasteiger partial charge on any atom is -0.295 e. The van der Waals surface area contributed by atoms with E-state index >= 15 is 0 Å². The van der Waals surface area contributed by atoms with Crippen LogP contribution in [-0.2, 0) is 9.59 Å². The Balaban J connectivity index is 3.78. The normalized spacial score (nSPS) is 10.9. The molecule has 0 amide bonds. The first kappa shape index (κ1) is 10.1. The summed E-state index contributed by atoms with van der Waals surface area (Å²) in [5.74, 6) is 0.302. The highest BCUT2D eigenvalue weighted by molar-refractivity contribution is 5.97. The fourth-order valence-electron chi connectivity index (χ4n) is 0.681. The SMILES string of the molecule is CC(=O)/C=C\C(=O)CC(C)C. The number of ketones is 2. The Morgan fingerprint density at radius 1 is 1.27 bits per heavy atom. The maximum atomic E-state index is 10.9. The number of rotatable bonds is 4. The highest BCUT2D eigenvalue weighted by Gasteiger charge is 1.99. The number of carbonyl (C=O) groups excluding carboxylic acids is 2. The second-order valence-corrected chi connectivity index (χ2v) is 3.01. The first-order chi connectivity index (χ1) is 5.02. The molecule has 0 aromatic rings. The molecule has 0 spiro atoms. The quantitative estimate of drug-likeness (QED) is 0.578. The molecule has 11 heavy (non-hydrogen) atoms. The van der Waals surface area contributed by atoms with Gasteiger partial charge >= 0.3 is 0 Å². The lowest BCUT2D eigenvalue weighted by Gasteiger charge is -1.97. The molecular weight excluding hydrogens is 140 g/mol. The number of carbonyl (C=O) groups is 2. The van der Waals surface area contributed by atoms with E-state index in [4.69, 9.17) is 0 Å². The largest absolute Gasteiger partial charge is 0.295 e. The summed E-state index contributed by atoms with van der Waals surface area (Å²) >= 11 is 0. The van der Waals surface area contributed by atoms with E-state index in [1.54, 1.807) is 0 Å². The number of hydrogen-bond donors (Lipinski definition) is 0. The molecule has 0 aliphatic rings. The van der Waals surface area contributed by atoms with E-state index < -0.39 is 0 Å². The average Bonchev–Trinajstić information content (AvgIpc) is 1.82. The van der Waals surface area contributed by atoms with Crippen LogP contribution in [0.3, 0.4) is 0 Å². The standard InChI is InChI=1S/C9H14O2/c1-7(2)6-9(11)5-4-8(3)10/h4-5,7H,6H2,1-3H3/b5-4-. The summed E-state index contributed by atoms with van der Waals surface area (Å²) in [7, 11) is 0. The van der Waals surface area contributed by atoms with Gasteiger partial charge in [-0.05, 0) is 25.0 Å². The fraction of sp³-hybridized carbons (Fsp3) is 0.556. The third kappa shape index (κ3) is 6.97. The van der Waals surface area contributed by atoms with Crippen LogP contribution < -0.4 is 0 Å². The smallest absolute Gasteiger partial charge is 0.156 e. The molecule has 0 heterocycles. The molecule has 0 unspecified atom stereocenters. The Morgan fingerprint density at radius 3 is 2.18 bits per heavy atom. The van der Waals surface area contributed by atoms with Crippen LogP contribution in [-0.4, -0.2) is 11.6 Å². The van der Waals surface area contributed by atoms with Gasteiger partial charge in [-0.3, -0.25) is 9.59 Å². The molecule has 0 radical (unpaired) electrons. The zero-order valence-electron chi connectivity index (χ0n) is 7.26. The summed E-state index contributed by atoms with van der Waals surface area (Å²) < 4.78 is 0. The Labute approximate surface area is 67.3 Å². The van der Waals surface area contributed by atoms with Gasteiger partial charge in [0.2, 0.25) is 0 Å². The first-order valence-electron chi connectivity index (χ1n) is 3.74. The minimum atomic E-state index is -0.0814. The molecule has 2 heteroatoms. The van der Waals surface area contributed by atoms with Crippen molar-refractivity contribution >= 4 is 11.6 Å². The molecule has 0 atom stereocenters. The van der Waals surface area contributed by atoms with Gasteiger partial charge in [-0.2, -0.15) is 0 Å². The number of allylic oxidation sites excluding steroid dienone is 2. The molecule has 0 bridgehead atoms. The highest BCUT2D eigenvalue weighted by atomic mass is 16.1. The van der Waals surface area contributed by atoms with Crippen molar-refractivity contribution in [2.45, 2.75) is 27.2 Å². The Bertz CT molecular complexity index is 178. The fourth-order valence-corrected chi connectivity index (χ4v) is 0.681. The molecule has 0 saturated heterocycles. The molecule has 0 aromatic carbocycles. The van der Waals surface area contributed by atoms with Gasteiger partial charge in [0.25, 0.3) is 0 Å². The van der Waals surface area contributed by atoms with Crippen molar-refractivity contribution in [3.8, 4) is 0 Å². The zero-order chi connectivity index (χ0) is 8.85. The molecule has 0 saturated carbocycles. The van der Waals surface area contributed by atoms with Gasteiger partial charge in [-0.15, -0.1) is 0 Å². The van der Waals surface area contributed by atoms with Crippen LogP contribution in [0.4, 0.5) is 0 Å². The lowest BCUT2D eigenvalue weighted by atomic mass is 10.1.